The first kappa shape index (κ1) is 29.9. The fraction of sp³-hybridized carbons (Fsp3) is 0. The van der Waals surface area contributed by atoms with Crippen LogP contribution in [0.15, 0.2) is 199 Å². The number of rotatable bonds is 6. The Morgan fingerprint density at radius 2 is 1.02 bits per heavy atom. The first-order valence-corrected chi connectivity index (χ1v) is 17.6. The molecule has 0 unspecified atom stereocenters. The normalized spacial score (nSPS) is 11.5. The van der Waals surface area contributed by atoms with E-state index in [2.05, 4.69) is 163 Å². The van der Waals surface area contributed by atoms with Gasteiger partial charge >= 0.3 is 0 Å². The Bertz CT molecular complexity index is 2910. The number of hydrogen-bond donors (Lipinski definition) is 0. The highest BCUT2D eigenvalue weighted by Gasteiger charge is 2.19. The lowest BCUT2D eigenvalue weighted by Crippen LogP contribution is -2.11. The lowest BCUT2D eigenvalue weighted by atomic mass is 9.95. The van der Waals surface area contributed by atoms with Crippen LogP contribution >= 0.6 is 0 Å². The summed E-state index contributed by atoms with van der Waals surface area (Å²) >= 11 is 0. The van der Waals surface area contributed by atoms with E-state index in [-0.39, 0.29) is 0 Å². The van der Waals surface area contributed by atoms with Crippen molar-refractivity contribution in [3.8, 4) is 33.7 Å². The second-order valence-corrected chi connectivity index (χ2v) is 13.2. The van der Waals surface area contributed by atoms with Crippen LogP contribution < -0.4 is 4.90 Å². The molecule has 0 spiro atoms. The maximum absolute atomic E-state index is 6.19. The molecule has 0 radical (unpaired) electrons. The van der Waals surface area contributed by atoms with Crippen LogP contribution in [0.1, 0.15) is 0 Å². The zero-order valence-electron chi connectivity index (χ0n) is 28.3. The van der Waals surface area contributed by atoms with Crippen LogP contribution in [0.5, 0.6) is 0 Å². The maximum atomic E-state index is 6.19. The van der Waals surface area contributed by atoms with Gasteiger partial charge in [-0.1, -0.05) is 127 Å². The van der Waals surface area contributed by atoms with E-state index in [0.717, 1.165) is 55.6 Å². The van der Waals surface area contributed by atoms with Crippen molar-refractivity contribution >= 4 is 60.5 Å². The van der Waals surface area contributed by atoms with Crippen LogP contribution in [0, 0.1) is 0 Å². The number of nitrogens with zero attached hydrogens (tertiary/aromatic N) is 2. The van der Waals surface area contributed by atoms with Gasteiger partial charge in [-0.3, -0.25) is 0 Å². The highest BCUT2D eigenvalue weighted by molar-refractivity contribution is 6.16. The van der Waals surface area contributed by atoms with Crippen molar-refractivity contribution in [2.75, 3.05) is 4.90 Å². The first-order valence-electron chi connectivity index (χ1n) is 17.6. The van der Waals surface area contributed by atoms with E-state index in [4.69, 9.17) is 9.40 Å². The Balaban J connectivity index is 1.08. The van der Waals surface area contributed by atoms with Gasteiger partial charge in [0.05, 0.1) is 5.69 Å². The summed E-state index contributed by atoms with van der Waals surface area (Å²) in [7, 11) is 0. The minimum atomic E-state index is 0.640. The molecule has 3 heteroatoms. The number of para-hydroxylation sites is 2. The minimum Gasteiger partial charge on any atom is -0.436 e. The summed E-state index contributed by atoms with van der Waals surface area (Å²) in [5.41, 5.74) is 10.7. The molecule has 0 aliphatic carbocycles. The molecule has 9 aromatic carbocycles. The lowest BCUT2D eigenvalue weighted by molar-refractivity contribution is 0.620. The first-order chi connectivity index (χ1) is 25.8. The van der Waals surface area contributed by atoms with Gasteiger partial charge in [-0.25, -0.2) is 4.98 Å². The van der Waals surface area contributed by atoms with E-state index in [1.807, 2.05) is 36.4 Å². The molecule has 0 aliphatic heterocycles. The number of hydrogen-bond acceptors (Lipinski definition) is 3. The molecular formula is C49H32N2O. The molecule has 0 amide bonds. The number of oxazole rings is 1. The third-order valence-corrected chi connectivity index (χ3v) is 10.0. The van der Waals surface area contributed by atoms with E-state index in [1.54, 1.807) is 0 Å². The molecule has 0 aliphatic rings. The topological polar surface area (TPSA) is 29.3 Å². The lowest BCUT2D eigenvalue weighted by Gasteiger charge is -2.28. The average Bonchev–Trinajstić information content (AvgIpc) is 3.67. The van der Waals surface area contributed by atoms with Crippen LogP contribution in [-0.4, -0.2) is 4.98 Å². The molecule has 0 fully saturated rings. The van der Waals surface area contributed by atoms with E-state index in [9.17, 15) is 0 Å². The van der Waals surface area contributed by atoms with E-state index in [0.29, 0.717) is 5.89 Å². The molecular weight excluding hydrogens is 633 g/mol. The molecule has 0 N–H and O–H groups in total. The zero-order chi connectivity index (χ0) is 34.4. The highest BCUT2D eigenvalue weighted by Crippen LogP contribution is 2.43. The van der Waals surface area contributed by atoms with Gasteiger partial charge in [0.1, 0.15) is 5.52 Å². The van der Waals surface area contributed by atoms with Crippen molar-refractivity contribution in [3.05, 3.63) is 194 Å². The highest BCUT2D eigenvalue weighted by atomic mass is 16.3. The van der Waals surface area contributed by atoms with Crippen molar-refractivity contribution in [1.82, 2.24) is 4.98 Å². The molecule has 0 bridgehead atoms. The van der Waals surface area contributed by atoms with Gasteiger partial charge in [-0.05, 0) is 110 Å². The third kappa shape index (κ3) is 5.19. The number of anilines is 3. The van der Waals surface area contributed by atoms with Crippen molar-refractivity contribution in [1.29, 1.82) is 0 Å². The molecule has 52 heavy (non-hydrogen) atoms. The van der Waals surface area contributed by atoms with Crippen LogP contribution in [0.25, 0.3) is 77.1 Å². The van der Waals surface area contributed by atoms with Crippen molar-refractivity contribution in [2.24, 2.45) is 0 Å². The Morgan fingerprint density at radius 3 is 1.90 bits per heavy atom. The molecule has 10 rings (SSSR count). The van der Waals surface area contributed by atoms with Crippen molar-refractivity contribution in [3.63, 3.8) is 0 Å². The van der Waals surface area contributed by atoms with Crippen molar-refractivity contribution in [2.45, 2.75) is 0 Å². The van der Waals surface area contributed by atoms with Gasteiger partial charge in [-0.2, -0.15) is 0 Å². The molecule has 0 saturated carbocycles. The quantitative estimate of drug-likeness (QED) is 0.166. The second kappa shape index (κ2) is 12.4. The fourth-order valence-electron chi connectivity index (χ4n) is 7.52. The Hall–Kier alpha value is -6.97. The zero-order valence-corrected chi connectivity index (χ0v) is 28.3. The standard InChI is InChI=1S/C49H32N2O/c1-3-13-34(14-4-1)49-50-48-45-27-25-38-31-39(24-26-42(38)44(45)28-29-47(48)52-49)43-20-9-10-21-46(43)51(40-17-5-2-6-18-40)41-19-11-16-36(32-41)37-23-22-33-12-7-8-15-35(33)30-37/h1-32H. The molecule has 0 atom stereocenters. The van der Waals surface area contributed by atoms with Gasteiger partial charge < -0.3 is 9.32 Å². The smallest absolute Gasteiger partial charge is 0.227 e. The van der Waals surface area contributed by atoms with Crippen LogP contribution in [0.4, 0.5) is 17.1 Å². The van der Waals surface area contributed by atoms with Gasteiger partial charge in [0, 0.05) is 27.9 Å². The third-order valence-electron chi connectivity index (χ3n) is 10.0. The summed E-state index contributed by atoms with van der Waals surface area (Å²) in [4.78, 5) is 7.31. The van der Waals surface area contributed by atoms with Gasteiger partial charge in [0.15, 0.2) is 5.58 Å². The van der Waals surface area contributed by atoms with Crippen molar-refractivity contribution < 1.29 is 4.42 Å². The molecule has 0 saturated heterocycles. The number of fused-ring (bicyclic) bond motifs is 6. The summed E-state index contributed by atoms with van der Waals surface area (Å²) in [6.45, 7) is 0. The minimum absolute atomic E-state index is 0.640. The predicted molar refractivity (Wildman–Crippen MR) is 218 cm³/mol. The Labute approximate surface area is 301 Å². The second-order valence-electron chi connectivity index (χ2n) is 13.2. The Kier molecular flexibility index (Phi) is 7.14. The number of benzene rings is 9. The van der Waals surface area contributed by atoms with Crippen LogP contribution in [0.3, 0.4) is 0 Å². The predicted octanol–water partition coefficient (Wildman–Crippen LogP) is 13.8. The molecule has 1 aromatic heterocycles. The maximum Gasteiger partial charge on any atom is 0.227 e. The summed E-state index contributed by atoms with van der Waals surface area (Å²) in [6.07, 6.45) is 0. The summed E-state index contributed by atoms with van der Waals surface area (Å²) in [5.74, 6) is 0.640. The Morgan fingerprint density at radius 1 is 0.385 bits per heavy atom. The average molecular weight is 665 g/mol. The van der Waals surface area contributed by atoms with Gasteiger partial charge in [0.2, 0.25) is 5.89 Å². The van der Waals surface area contributed by atoms with Crippen LogP contribution in [0.2, 0.25) is 0 Å². The summed E-state index contributed by atoms with van der Waals surface area (Å²) < 4.78 is 6.19. The molecule has 244 valence electrons. The molecule has 1 heterocycles. The SMILES string of the molecule is c1ccc(-c2nc3c(ccc4c5ccc(-c6ccccc6N(c6ccccc6)c6cccc(-c7ccc8ccccc8c7)c6)cc5ccc43)o2)cc1. The monoisotopic (exact) mass is 664 g/mol. The number of aromatic nitrogens is 1. The molecule has 3 nitrogen and oxygen atoms in total. The van der Waals surface area contributed by atoms with Crippen LogP contribution in [-0.2, 0) is 0 Å². The van der Waals surface area contributed by atoms with E-state index in [1.165, 1.54) is 32.7 Å². The largest absolute Gasteiger partial charge is 0.436 e. The van der Waals surface area contributed by atoms with E-state index < -0.39 is 0 Å². The summed E-state index contributed by atoms with van der Waals surface area (Å²) in [6, 6.07) is 68.9. The molecule has 10 aromatic rings. The van der Waals surface area contributed by atoms with Gasteiger partial charge in [-0.15, -0.1) is 0 Å². The summed E-state index contributed by atoms with van der Waals surface area (Å²) in [5, 5.41) is 7.10. The fourth-order valence-corrected chi connectivity index (χ4v) is 7.52. The van der Waals surface area contributed by atoms with Gasteiger partial charge in [0.25, 0.3) is 0 Å². The van der Waals surface area contributed by atoms with E-state index >= 15 is 0 Å².